The summed E-state index contributed by atoms with van der Waals surface area (Å²) in [6, 6.07) is 7.97. The molecule has 144 valence electrons. The molecule has 1 saturated heterocycles. The summed E-state index contributed by atoms with van der Waals surface area (Å²) in [6.45, 7) is 6.44. The maximum atomic E-state index is 12.3. The van der Waals surface area contributed by atoms with Crippen LogP contribution >= 0.6 is 11.3 Å². The molecule has 1 aromatic heterocycles. The fraction of sp³-hybridized carbons (Fsp3) is 0.429. The highest BCUT2D eigenvalue weighted by atomic mass is 32.1. The van der Waals surface area contributed by atoms with Crippen LogP contribution in [0.25, 0.3) is 0 Å². The van der Waals surface area contributed by atoms with Gasteiger partial charge in [-0.2, -0.15) is 11.3 Å². The third-order valence-corrected chi connectivity index (χ3v) is 5.60. The predicted octanol–water partition coefficient (Wildman–Crippen LogP) is 3.65. The van der Waals surface area contributed by atoms with E-state index in [1.807, 2.05) is 32.0 Å². The Balaban J connectivity index is 1.60. The van der Waals surface area contributed by atoms with Crippen LogP contribution in [0.5, 0.6) is 0 Å². The molecule has 0 spiro atoms. The van der Waals surface area contributed by atoms with Crippen molar-refractivity contribution in [2.45, 2.75) is 39.2 Å². The minimum Gasteiger partial charge on any atom is -0.346 e. The SMILES string of the molecule is Cc1cc(C)cc(NC(=O)C(=O)NCC(c2ccsc2)N2CCCCC2)c1. The number of anilines is 1. The van der Waals surface area contributed by atoms with E-state index >= 15 is 0 Å². The van der Waals surface area contributed by atoms with E-state index in [2.05, 4.69) is 32.4 Å². The van der Waals surface area contributed by atoms with Gasteiger partial charge in [0.25, 0.3) is 0 Å². The summed E-state index contributed by atoms with van der Waals surface area (Å²) in [5, 5.41) is 9.71. The lowest BCUT2D eigenvalue weighted by Crippen LogP contribution is -2.43. The third kappa shape index (κ3) is 5.40. The Morgan fingerprint density at radius 2 is 1.78 bits per heavy atom. The van der Waals surface area contributed by atoms with Crippen molar-refractivity contribution in [3.8, 4) is 0 Å². The Bertz CT molecular complexity index is 762. The molecule has 2 amide bonds. The van der Waals surface area contributed by atoms with Crippen molar-refractivity contribution < 1.29 is 9.59 Å². The molecule has 2 N–H and O–H groups in total. The molecule has 0 bridgehead atoms. The summed E-state index contributed by atoms with van der Waals surface area (Å²) in [4.78, 5) is 27.0. The normalized spacial score (nSPS) is 15.9. The number of carbonyl (C=O) groups excluding carboxylic acids is 2. The molecule has 5 nitrogen and oxygen atoms in total. The molecule has 1 fully saturated rings. The third-order valence-electron chi connectivity index (χ3n) is 4.90. The smallest absolute Gasteiger partial charge is 0.313 e. The number of nitrogens with zero attached hydrogens (tertiary/aromatic N) is 1. The quantitative estimate of drug-likeness (QED) is 0.773. The first-order valence-electron chi connectivity index (χ1n) is 9.46. The van der Waals surface area contributed by atoms with Crippen LogP contribution in [0.15, 0.2) is 35.0 Å². The zero-order valence-electron chi connectivity index (χ0n) is 16.0. The van der Waals surface area contributed by atoms with Crippen LogP contribution < -0.4 is 10.6 Å². The molecular weight excluding hydrogens is 358 g/mol. The lowest BCUT2D eigenvalue weighted by atomic mass is 10.0. The van der Waals surface area contributed by atoms with Crippen molar-refractivity contribution in [2.24, 2.45) is 0 Å². The van der Waals surface area contributed by atoms with Gasteiger partial charge < -0.3 is 10.6 Å². The zero-order chi connectivity index (χ0) is 19.2. The summed E-state index contributed by atoms with van der Waals surface area (Å²) < 4.78 is 0. The predicted molar refractivity (Wildman–Crippen MR) is 110 cm³/mol. The summed E-state index contributed by atoms with van der Waals surface area (Å²) in [7, 11) is 0. The Hall–Kier alpha value is -2.18. The monoisotopic (exact) mass is 385 g/mol. The maximum Gasteiger partial charge on any atom is 0.313 e. The van der Waals surface area contributed by atoms with Crippen LogP contribution in [0.4, 0.5) is 5.69 Å². The van der Waals surface area contributed by atoms with E-state index in [1.165, 1.54) is 24.8 Å². The summed E-state index contributed by atoms with van der Waals surface area (Å²) in [5.41, 5.74) is 3.96. The zero-order valence-corrected chi connectivity index (χ0v) is 16.8. The average Bonchev–Trinajstić information content (AvgIpc) is 3.16. The molecule has 2 heterocycles. The Morgan fingerprint density at radius 1 is 1.07 bits per heavy atom. The second kappa shape index (κ2) is 9.15. The van der Waals surface area contributed by atoms with Crippen LogP contribution in [0.2, 0.25) is 0 Å². The number of benzene rings is 1. The molecule has 1 aliphatic heterocycles. The minimum absolute atomic E-state index is 0.120. The average molecular weight is 386 g/mol. The molecule has 1 aliphatic rings. The van der Waals surface area contributed by atoms with Gasteiger partial charge in [-0.1, -0.05) is 12.5 Å². The fourth-order valence-electron chi connectivity index (χ4n) is 3.66. The van der Waals surface area contributed by atoms with Gasteiger partial charge >= 0.3 is 11.8 Å². The van der Waals surface area contributed by atoms with E-state index in [9.17, 15) is 9.59 Å². The van der Waals surface area contributed by atoms with Crippen molar-refractivity contribution >= 4 is 28.8 Å². The van der Waals surface area contributed by atoms with Crippen LogP contribution in [0.1, 0.15) is 42.0 Å². The van der Waals surface area contributed by atoms with Gasteiger partial charge in [-0.05, 0) is 85.4 Å². The molecule has 27 heavy (non-hydrogen) atoms. The molecule has 1 atom stereocenters. The number of hydrogen-bond acceptors (Lipinski definition) is 4. The molecule has 1 aromatic carbocycles. The van der Waals surface area contributed by atoms with E-state index in [0.29, 0.717) is 12.2 Å². The molecule has 0 saturated carbocycles. The Labute approximate surface area is 164 Å². The van der Waals surface area contributed by atoms with Gasteiger partial charge in [-0.25, -0.2) is 0 Å². The number of amides is 2. The van der Waals surface area contributed by atoms with Gasteiger partial charge in [-0.3, -0.25) is 14.5 Å². The lowest BCUT2D eigenvalue weighted by molar-refractivity contribution is -0.136. The summed E-state index contributed by atoms with van der Waals surface area (Å²) in [5.74, 6) is -1.21. The Kier molecular flexibility index (Phi) is 6.63. The van der Waals surface area contributed by atoms with E-state index in [0.717, 1.165) is 24.2 Å². The van der Waals surface area contributed by atoms with Gasteiger partial charge in [0, 0.05) is 12.2 Å². The molecule has 3 rings (SSSR count). The Morgan fingerprint density at radius 3 is 2.41 bits per heavy atom. The van der Waals surface area contributed by atoms with Gasteiger partial charge in [0.15, 0.2) is 0 Å². The number of piperidine rings is 1. The van der Waals surface area contributed by atoms with Crippen LogP contribution in [0, 0.1) is 13.8 Å². The van der Waals surface area contributed by atoms with Gasteiger partial charge in [0.2, 0.25) is 0 Å². The first-order valence-corrected chi connectivity index (χ1v) is 10.4. The molecule has 6 heteroatoms. The highest BCUT2D eigenvalue weighted by molar-refractivity contribution is 7.08. The highest BCUT2D eigenvalue weighted by Gasteiger charge is 2.24. The topological polar surface area (TPSA) is 61.4 Å². The van der Waals surface area contributed by atoms with Crippen molar-refractivity contribution in [3.05, 3.63) is 51.7 Å². The standard InChI is InChI=1S/C21H27N3O2S/c1-15-10-16(2)12-18(11-15)23-21(26)20(25)22-13-19(17-6-9-27-14-17)24-7-4-3-5-8-24/h6,9-12,14,19H,3-5,7-8,13H2,1-2H3,(H,22,25)(H,23,26). The number of hydrogen-bond donors (Lipinski definition) is 2. The second-order valence-corrected chi connectivity index (χ2v) is 7.99. The second-order valence-electron chi connectivity index (χ2n) is 7.21. The lowest BCUT2D eigenvalue weighted by Gasteiger charge is -2.34. The van der Waals surface area contributed by atoms with Crippen LogP contribution in [0.3, 0.4) is 0 Å². The van der Waals surface area contributed by atoms with Crippen molar-refractivity contribution in [1.82, 2.24) is 10.2 Å². The van der Waals surface area contributed by atoms with E-state index in [4.69, 9.17) is 0 Å². The number of likely N-dealkylation sites (tertiary alicyclic amines) is 1. The van der Waals surface area contributed by atoms with Crippen LogP contribution in [-0.4, -0.2) is 36.3 Å². The van der Waals surface area contributed by atoms with Gasteiger partial charge in [0.05, 0.1) is 6.04 Å². The summed E-state index contributed by atoms with van der Waals surface area (Å²) in [6.07, 6.45) is 3.63. The largest absolute Gasteiger partial charge is 0.346 e. The van der Waals surface area contributed by atoms with Crippen LogP contribution in [-0.2, 0) is 9.59 Å². The van der Waals surface area contributed by atoms with Crippen molar-refractivity contribution in [1.29, 1.82) is 0 Å². The van der Waals surface area contributed by atoms with Crippen molar-refractivity contribution in [3.63, 3.8) is 0 Å². The number of thiophene rings is 1. The highest BCUT2D eigenvalue weighted by Crippen LogP contribution is 2.25. The minimum atomic E-state index is -0.622. The molecule has 2 aromatic rings. The van der Waals surface area contributed by atoms with Gasteiger partial charge in [-0.15, -0.1) is 0 Å². The first kappa shape index (κ1) is 19.6. The first-order chi connectivity index (χ1) is 13.0. The molecule has 0 radical (unpaired) electrons. The fourth-order valence-corrected chi connectivity index (χ4v) is 4.36. The molecule has 1 unspecified atom stereocenters. The number of carbonyl (C=O) groups is 2. The van der Waals surface area contributed by atoms with E-state index in [1.54, 1.807) is 11.3 Å². The van der Waals surface area contributed by atoms with E-state index < -0.39 is 11.8 Å². The number of nitrogens with one attached hydrogen (secondary N) is 2. The van der Waals surface area contributed by atoms with E-state index in [-0.39, 0.29) is 6.04 Å². The summed E-state index contributed by atoms with van der Waals surface area (Å²) >= 11 is 1.66. The number of rotatable bonds is 5. The molecule has 0 aliphatic carbocycles. The number of aryl methyl sites for hydroxylation is 2. The van der Waals surface area contributed by atoms with Crippen molar-refractivity contribution in [2.75, 3.05) is 25.0 Å². The maximum absolute atomic E-state index is 12.3. The van der Waals surface area contributed by atoms with Gasteiger partial charge in [0.1, 0.15) is 0 Å². The molecular formula is C21H27N3O2S.